The number of methoxy groups -OCH3 is 1. The normalized spacial score (nSPS) is 21.6. The SMILES string of the molecule is CCOC(=O)[C@@H]1CCCN(C(=O)CC2=CSC3=NC(CC)=C(C(=O)OC)[C@H](c4ccccc4C)N23)C1. The van der Waals surface area contributed by atoms with E-state index in [9.17, 15) is 14.4 Å². The summed E-state index contributed by atoms with van der Waals surface area (Å²) in [4.78, 5) is 47.3. The fourth-order valence-electron chi connectivity index (χ4n) is 5.02. The molecule has 1 aromatic carbocycles. The lowest BCUT2D eigenvalue weighted by atomic mass is 9.90. The molecule has 3 aliphatic rings. The molecular formula is C27H33N3O5S. The van der Waals surface area contributed by atoms with Crippen LogP contribution in [0.15, 0.2) is 51.6 Å². The predicted octanol–water partition coefficient (Wildman–Crippen LogP) is 4.32. The second kappa shape index (κ2) is 11.3. The van der Waals surface area contributed by atoms with Crippen LogP contribution < -0.4 is 0 Å². The molecule has 0 unspecified atom stereocenters. The number of aliphatic imine (C=N–C) groups is 1. The molecule has 2 atom stereocenters. The summed E-state index contributed by atoms with van der Waals surface area (Å²) in [6.07, 6.45) is 2.23. The minimum absolute atomic E-state index is 0.0504. The lowest BCUT2D eigenvalue weighted by molar-refractivity contribution is -0.151. The van der Waals surface area contributed by atoms with Gasteiger partial charge >= 0.3 is 11.9 Å². The van der Waals surface area contributed by atoms with Crippen LogP contribution in [0.4, 0.5) is 0 Å². The number of thioether (sulfide) groups is 1. The minimum Gasteiger partial charge on any atom is -0.466 e. The Hall–Kier alpha value is -3.07. The van der Waals surface area contributed by atoms with E-state index in [0.717, 1.165) is 34.8 Å². The summed E-state index contributed by atoms with van der Waals surface area (Å²) in [6.45, 7) is 7.10. The van der Waals surface area contributed by atoms with Crippen LogP contribution in [0.1, 0.15) is 56.7 Å². The van der Waals surface area contributed by atoms with Gasteiger partial charge in [0.15, 0.2) is 5.17 Å². The van der Waals surface area contributed by atoms with Crippen molar-refractivity contribution in [2.24, 2.45) is 10.9 Å². The third kappa shape index (κ3) is 5.07. The molecule has 9 heteroatoms. The molecule has 0 spiro atoms. The highest BCUT2D eigenvalue weighted by molar-refractivity contribution is 8.16. The summed E-state index contributed by atoms with van der Waals surface area (Å²) in [7, 11) is 1.38. The molecule has 0 radical (unpaired) electrons. The predicted molar refractivity (Wildman–Crippen MR) is 139 cm³/mol. The Morgan fingerprint density at radius 3 is 2.67 bits per heavy atom. The molecule has 0 N–H and O–H groups in total. The first-order valence-corrected chi connectivity index (χ1v) is 13.3. The quantitative estimate of drug-likeness (QED) is 0.504. The zero-order chi connectivity index (χ0) is 25.8. The Morgan fingerprint density at radius 2 is 1.97 bits per heavy atom. The van der Waals surface area contributed by atoms with Gasteiger partial charge < -0.3 is 19.3 Å². The van der Waals surface area contributed by atoms with Gasteiger partial charge in [0, 0.05) is 18.8 Å². The van der Waals surface area contributed by atoms with Gasteiger partial charge in [-0.05, 0) is 49.6 Å². The van der Waals surface area contributed by atoms with Gasteiger partial charge in [-0.1, -0.05) is 43.0 Å². The number of likely N-dealkylation sites (tertiary alicyclic amines) is 1. The first-order valence-electron chi connectivity index (χ1n) is 12.4. The number of piperidine rings is 1. The first kappa shape index (κ1) is 26.0. The number of ether oxygens (including phenoxy) is 2. The third-order valence-corrected chi connectivity index (χ3v) is 7.73. The number of carbonyl (C=O) groups excluding carboxylic acids is 3. The second-order valence-electron chi connectivity index (χ2n) is 9.06. The minimum atomic E-state index is -0.441. The molecule has 1 fully saturated rings. The number of aryl methyl sites for hydroxylation is 1. The maximum absolute atomic E-state index is 13.4. The smallest absolute Gasteiger partial charge is 0.338 e. The molecule has 3 heterocycles. The van der Waals surface area contributed by atoms with Crippen LogP contribution in [0.5, 0.6) is 0 Å². The highest BCUT2D eigenvalue weighted by Crippen LogP contribution is 2.46. The van der Waals surface area contributed by atoms with Gasteiger partial charge in [0.25, 0.3) is 0 Å². The van der Waals surface area contributed by atoms with Crippen LogP contribution in [-0.4, -0.2) is 59.6 Å². The summed E-state index contributed by atoms with van der Waals surface area (Å²) in [6, 6.07) is 7.51. The molecule has 1 saturated heterocycles. The lowest BCUT2D eigenvalue weighted by Crippen LogP contribution is -2.44. The van der Waals surface area contributed by atoms with Crippen molar-refractivity contribution in [2.45, 2.75) is 52.5 Å². The van der Waals surface area contributed by atoms with E-state index < -0.39 is 12.0 Å². The number of rotatable bonds is 7. The molecule has 0 aliphatic carbocycles. The number of carbonyl (C=O) groups is 3. The van der Waals surface area contributed by atoms with Crippen molar-refractivity contribution in [1.82, 2.24) is 9.80 Å². The molecule has 0 saturated carbocycles. The number of amidine groups is 1. The van der Waals surface area contributed by atoms with Crippen molar-refractivity contribution >= 4 is 34.8 Å². The summed E-state index contributed by atoms with van der Waals surface area (Å²) < 4.78 is 10.4. The number of allylic oxidation sites excluding steroid dienone is 1. The Morgan fingerprint density at radius 1 is 1.19 bits per heavy atom. The summed E-state index contributed by atoms with van der Waals surface area (Å²) in [5, 5.41) is 2.70. The number of hydrogen-bond acceptors (Lipinski definition) is 8. The van der Waals surface area contributed by atoms with Crippen molar-refractivity contribution in [3.8, 4) is 0 Å². The number of hydrogen-bond donors (Lipinski definition) is 0. The fourth-order valence-corrected chi connectivity index (χ4v) is 5.96. The number of benzene rings is 1. The van der Waals surface area contributed by atoms with Crippen LogP contribution in [0.25, 0.3) is 0 Å². The monoisotopic (exact) mass is 511 g/mol. The van der Waals surface area contributed by atoms with Crippen molar-refractivity contribution in [3.63, 3.8) is 0 Å². The molecular weight excluding hydrogens is 478 g/mol. The Bertz CT molecular complexity index is 1140. The van der Waals surface area contributed by atoms with Crippen molar-refractivity contribution in [2.75, 3.05) is 26.8 Å². The molecule has 36 heavy (non-hydrogen) atoms. The first-order chi connectivity index (χ1) is 17.4. The van der Waals surface area contributed by atoms with Gasteiger partial charge in [-0.25, -0.2) is 9.79 Å². The average molecular weight is 512 g/mol. The number of nitrogens with zero attached hydrogens (tertiary/aromatic N) is 3. The van der Waals surface area contributed by atoms with Crippen LogP contribution in [0.3, 0.4) is 0 Å². The second-order valence-corrected chi connectivity index (χ2v) is 9.90. The molecule has 0 aromatic heterocycles. The van der Waals surface area contributed by atoms with Gasteiger partial charge in [0.05, 0.1) is 43.4 Å². The molecule has 8 nitrogen and oxygen atoms in total. The summed E-state index contributed by atoms with van der Waals surface area (Å²) in [5.74, 6) is -0.998. The number of esters is 2. The van der Waals surface area contributed by atoms with E-state index in [4.69, 9.17) is 14.5 Å². The van der Waals surface area contributed by atoms with E-state index in [2.05, 4.69) is 0 Å². The number of fused-ring (bicyclic) bond motifs is 1. The van der Waals surface area contributed by atoms with E-state index in [-0.39, 0.29) is 24.2 Å². The highest BCUT2D eigenvalue weighted by atomic mass is 32.2. The van der Waals surface area contributed by atoms with E-state index in [1.807, 2.05) is 48.4 Å². The van der Waals surface area contributed by atoms with Crippen LogP contribution >= 0.6 is 11.8 Å². The average Bonchev–Trinajstić information content (AvgIpc) is 3.29. The summed E-state index contributed by atoms with van der Waals surface area (Å²) >= 11 is 1.46. The van der Waals surface area contributed by atoms with Crippen LogP contribution in [0, 0.1) is 12.8 Å². The van der Waals surface area contributed by atoms with Gasteiger partial charge in [-0.15, -0.1) is 0 Å². The Balaban J connectivity index is 1.63. The molecule has 192 valence electrons. The zero-order valence-electron chi connectivity index (χ0n) is 21.3. The zero-order valence-corrected chi connectivity index (χ0v) is 22.1. The molecule has 4 rings (SSSR count). The molecule has 1 amide bonds. The van der Waals surface area contributed by atoms with Crippen molar-refractivity contribution < 1.29 is 23.9 Å². The van der Waals surface area contributed by atoms with E-state index in [1.165, 1.54) is 18.9 Å². The van der Waals surface area contributed by atoms with Crippen LogP contribution in [-0.2, 0) is 23.9 Å². The highest BCUT2D eigenvalue weighted by Gasteiger charge is 2.42. The fraction of sp³-hybridized carbons (Fsp3) is 0.481. The van der Waals surface area contributed by atoms with Crippen molar-refractivity contribution in [1.29, 1.82) is 0 Å². The molecule has 0 bridgehead atoms. The third-order valence-electron chi connectivity index (χ3n) is 6.84. The Kier molecular flexibility index (Phi) is 8.18. The maximum Gasteiger partial charge on any atom is 0.338 e. The topological polar surface area (TPSA) is 88.5 Å². The largest absolute Gasteiger partial charge is 0.466 e. The lowest BCUT2D eigenvalue weighted by Gasteiger charge is -2.38. The van der Waals surface area contributed by atoms with E-state index in [0.29, 0.717) is 37.4 Å². The van der Waals surface area contributed by atoms with Gasteiger partial charge in [-0.2, -0.15) is 0 Å². The summed E-state index contributed by atoms with van der Waals surface area (Å²) in [5.41, 5.74) is 3.99. The van der Waals surface area contributed by atoms with Crippen molar-refractivity contribution in [3.05, 3.63) is 57.8 Å². The standard InChI is InChI=1S/C27H33N3O5S/c1-5-21-23(26(33)34-4)24(20-12-8-7-10-17(20)3)30-19(16-36-27(30)28-21)14-22(31)29-13-9-11-18(15-29)25(32)35-6-2/h7-8,10,12,16,18,24H,5-6,9,11,13-15H2,1-4H3/t18-,24+/m1/s1. The number of amides is 1. The van der Waals surface area contributed by atoms with Gasteiger partial charge in [-0.3, -0.25) is 9.59 Å². The maximum atomic E-state index is 13.4. The van der Waals surface area contributed by atoms with E-state index >= 15 is 0 Å². The molecule has 1 aromatic rings. The Labute approximate surface area is 216 Å². The van der Waals surface area contributed by atoms with Gasteiger partial charge in [0.2, 0.25) is 5.91 Å². The van der Waals surface area contributed by atoms with Crippen LogP contribution in [0.2, 0.25) is 0 Å². The molecule has 3 aliphatic heterocycles. The van der Waals surface area contributed by atoms with Gasteiger partial charge in [0.1, 0.15) is 0 Å². The van der Waals surface area contributed by atoms with E-state index in [1.54, 1.807) is 11.8 Å².